The average Bonchev–Trinajstić information content (AvgIpc) is 3.63. The molecule has 4 nitrogen and oxygen atoms in total. The van der Waals surface area contributed by atoms with Gasteiger partial charge in [-0.3, -0.25) is 0 Å². The van der Waals surface area contributed by atoms with Gasteiger partial charge in [-0.05, 0) is 24.3 Å². The van der Waals surface area contributed by atoms with E-state index in [-0.39, 0.29) is 0 Å². The van der Waals surface area contributed by atoms with Gasteiger partial charge < -0.3 is 18.3 Å². The van der Waals surface area contributed by atoms with Crippen LogP contribution in [0.4, 0.5) is 0 Å². The molecular weight excluding hydrogens is 488 g/mol. The second-order valence-electron chi connectivity index (χ2n) is 11.2. The molecule has 4 aromatic carbocycles. The molecule has 4 aromatic heterocycles. The van der Waals surface area contributed by atoms with E-state index in [1.54, 1.807) is 0 Å². The lowest BCUT2D eigenvalue weighted by atomic mass is 9.89. The van der Waals surface area contributed by atoms with E-state index in [1.165, 1.54) is 88.6 Å². The second kappa shape index (κ2) is 7.36. The molecule has 0 saturated heterocycles. The fourth-order valence-electron chi connectivity index (χ4n) is 7.70. The van der Waals surface area contributed by atoms with E-state index >= 15 is 0 Å². The molecule has 0 fully saturated rings. The van der Waals surface area contributed by atoms with Crippen LogP contribution in [0.1, 0.15) is 0 Å². The van der Waals surface area contributed by atoms with Gasteiger partial charge in [-0.1, -0.05) is 72.8 Å². The largest absolute Gasteiger partial charge is 0.343 e. The lowest BCUT2D eigenvalue weighted by Crippen LogP contribution is -2.03. The van der Waals surface area contributed by atoms with E-state index in [1.807, 2.05) is 0 Å². The summed E-state index contributed by atoms with van der Waals surface area (Å²) in [5.41, 5.74) is 15.3. The first-order valence-electron chi connectivity index (χ1n) is 13.9. The van der Waals surface area contributed by atoms with Crippen molar-refractivity contribution < 1.29 is 0 Å². The lowest BCUT2D eigenvalue weighted by molar-refractivity contribution is 0.944. The molecule has 40 heavy (non-hydrogen) atoms. The number of rotatable bonds is 0. The van der Waals surface area contributed by atoms with Crippen molar-refractivity contribution in [1.29, 1.82) is 0 Å². The minimum absolute atomic E-state index is 1.25. The van der Waals surface area contributed by atoms with Crippen LogP contribution in [0.5, 0.6) is 0 Å². The molecule has 192 valence electrons. The molecule has 0 aliphatic heterocycles. The summed E-state index contributed by atoms with van der Waals surface area (Å²) in [7, 11) is 8.95. The number of fused-ring (bicyclic) bond motifs is 16. The first kappa shape index (κ1) is 21.9. The normalized spacial score (nSPS) is 12.5. The highest BCUT2D eigenvalue weighted by Gasteiger charge is 2.36. The quantitative estimate of drug-likeness (QED) is 0.192. The van der Waals surface area contributed by atoms with Gasteiger partial charge in [-0.15, -0.1) is 0 Å². The van der Waals surface area contributed by atoms with Gasteiger partial charge in [-0.25, -0.2) is 0 Å². The van der Waals surface area contributed by atoms with E-state index in [0.717, 1.165) is 0 Å². The third kappa shape index (κ3) is 2.39. The van der Waals surface area contributed by atoms with Gasteiger partial charge in [0.1, 0.15) is 0 Å². The maximum absolute atomic E-state index is 2.42. The Morgan fingerprint density at radius 3 is 0.725 bits per heavy atom. The molecule has 0 radical (unpaired) electrons. The second-order valence-corrected chi connectivity index (χ2v) is 11.2. The highest BCUT2D eigenvalue weighted by Crippen LogP contribution is 2.57. The molecule has 9 rings (SSSR count). The van der Waals surface area contributed by atoms with E-state index < -0.39 is 0 Å². The Hall–Kier alpha value is -4.96. The number of para-hydroxylation sites is 4. The Morgan fingerprint density at radius 1 is 0.300 bits per heavy atom. The van der Waals surface area contributed by atoms with Crippen molar-refractivity contribution in [2.45, 2.75) is 0 Å². The van der Waals surface area contributed by atoms with Crippen molar-refractivity contribution in [3.8, 4) is 45.0 Å². The minimum atomic E-state index is 1.25. The fraction of sp³-hybridized carbons (Fsp3) is 0.111. The summed E-state index contributed by atoms with van der Waals surface area (Å²) in [5.74, 6) is 0. The van der Waals surface area contributed by atoms with Gasteiger partial charge in [0.05, 0.1) is 22.8 Å². The highest BCUT2D eigenvalue weighted by atomic mass is 15.0. The van der Waals surface area contributed by atoms with Crippen LogP contribution in [-0.2, 0) is 28.2 Å². The van der Waals surface area contributed by atoms with Crippen LogP contribution < -0.4 is 0 Å². The molecule has 4 heterocycles. The lowest BCUT2D eigenvalue weighted by Gasteiger charge is -2.20. The van der Waals surface area contributed by atoms with Crippen LogP contribution in [0.25, 0.3) is 88.6 Å². The van der Waals surface area contributed by atoms with Crippen molar-refractivity contribution in [2.75, 3.05) is 0 Å². The standard InChI is InChI=1S/C36H28N4/c1-37-25-17-9-5-13-21(25)29-33(37)30-22-14-6-10-18-26(22)38(2)35(30)32-24-16-8-12-20-28(24)40(4)36(32)31-23-15-7-11-19-27(23)39(3)34(29)31/h5-20H,1-4H3. The fourth-order valence-corrected chi connectivity index (χ4v) is 7.70. The van der Waals surface area contributed by atoms with Crippen LogP contribution in [0.3, 0.4) is 0 Å². The molecular formula is C36H28N4. The van der Waals surface area contributed by atoms with E-state index in [0.29, 0.717) is 0 Å². The van der Waals surface area contributed by atoms with Gasteiger partial charge in [0.2, 0.25) is 0 Å². The summed E-state index contributed by atoms with van der Waals surface area (Å²) in [6.07, 6.45) is 0. The van der Waals surface area contributed by atoms with E-state index in [2.05, 4.69) is 144 Å². The summed E-state index contributed by atoms with van der Waals surface area (Å²) >= 11 is 0. The molecule has 0 bridgehead atoms. The van der Waals surface area contributed by atoms with Crippen molar-refractivity contribution in [3.05, 3.63) is 97.1 Å². The Balaban J connectivity index is 1.68. The Kier molecular flexibility index (Phi) is 4.03. The number of aryl methyl sites for hydroxylation is 4. The molecule has 0 amide bonds. The van der Waals surface area contributed by atoms with Crippen LogP contribution >= 0.6 is 0 Å². The van der Waals surface area contributed by atoms with E-state index in [9.17, 15) is 0 Å². The van der Waals surface area contributed by atoms with Crippen LogP contribution in [0.15, 0.2) is 97.1 Å². The topological polar surface area (TPSA) is 19.7 Å². The molecule has 0 N–H and O–H groups in total. The molecule has 0 saturated carbocycles. The number of hydrogen-bond acceptors (Lipinski definition) is 0. The minimum Gasteiger partial charge on any atom is -0.343 e. The maximum atomic E-state index is 2.42. The summed E-state index contributed by atoms with van der Waals surface area (Å²) in [6.45, 7) is 0. The van der Waals surface area contributed by atoms with Crippen LogP contribution in [-0.4, -0.2) is 18.3 Å². The molecule has 0 unspecified atom stereocenters. The summed E-state index contributed by atoms with van der Waals surface area (Å²) in [4.78, 5) is 0. The molecule has 0 spiro atoms. The number of benzene rings is 4. The van der Waals surface area contributed by atoms with Gasteiger partial charge in [0, 0.05) is 94.1 Å². The number of aromatic nitrogens is 4. The molecule has 1 aliphatic carbocycles. The first-order chi connectivity index (χ1) is 19.6. The van der Waals surface area contributed by atoms with Gasteiger partial charge in [-0.2, -0.15) is 0 Å². The maximum Gasteiger partial charge on any atom is 0.0612 e. The zero-order valence-electron chi connectivity index (χ0n) is 23.0. The zero-order chi connectivity index (χ0) is 26.9. The first-order valence-corrected chi connectivity index (χ1v) is 13.9. The van der Waals surface area contributed by atoms with Crippen molar-refractivity contribution in [2.24, 2.45) is 28.2 Å². The van der Waals surface area contributed by atoms with Crippen molar-refractivity contribution in [1.82, 2.24) is 18.3 Å². The zero-order valence-corrected chi connectivity index (χ0v) is 23.0. The van der Waals surface area contributed by atoms with Crippen molar-refractivity contribution >= 4 is 43.6 Å². The van der Waals surface area contributed by atoms with Gasteiger partial charge in [0.15, 0.2) is 0 Å². The number of hydrogen-bond donors (Lipinski definition) is 0. The van der Waals surface area contributed by atoms with Gasteiger partial charge >= 0.3 is 0 Å². The van der Waals surface area contributed by atoms with Crippen molar-refractivity contribution in [3.63, 3.8) is 0 Å². The van der Waals surface area contributed by atoms with Crippen LogP contribution in [0.2, 0.25) is 0 Å². The van der Waals surface area contributed by atoms with E-state index in [4.69, 9.17) is 0 Å². The Bertz CT molecular complexity index is 2000. The third-order valence-corrected chi connectivity index (χ3v) is 9.38. The summed E-state index contributed by atoms with van der Waals surface area (Å²) in [5, 5.41) is 5.14. The predicted octanol–water partition coefficient (Wildman–Crippen LogP) is 8.63. The van der Waals surface area contributed by atoms with Crippen LogP contribution in [0, 0.1) is 0 Å². The molecule has 8 aromatic rings. The summed E-state index contributed by atoms with van der Waals surface area (Å²) < 4.78 is 9.70. The molecule has 0 atom stereocenters. The van der Waals surface area contributed by atoms with Gasteiger partial charge in [0.25, 0.3) is 0 Å². The monoisotopic (exact) mass is 516 g/mol. The molecule has 1 aliphatic rings. The smallest absolute Gasteiger partial charge is 0.0612 e. The SMILES string of the molecule is Cn1c2c(c3ccccc31)-c1c(c3ccccc3n1C)-c1c(c3ccccc3n1C)-c1c-2c2ccccc2n1C. The average molecular weight is 517 g/mol. The highest BCUT2D eigenvalue weighted by molar-refractivity contribution is 6.23. The molecule has 4 heteroatoms. The third-order valence-electron chi connectivity index (χ3n) is 9.38. The summed E-state index contributed by atoms with van der Waals surface area (Å²) in [6, 6.07) is 35.6. The predicted molar refractivity (Wildman–Crippen MR) is 168 cm³/mol. The number of nitrogens with zero attached hydrogens (tertiary/aromatic N) is 4. The Labute approximate surface area is 231 Å². The Morgan fingerprint density at radius 2 is 0.500 bits per heavy atom.